The molecule has 70 valence electrons. The van der Waals surface area contributed by atoms with Crippen molar-refractivity contribution in [2.75, 3.05) is 0 Å². The lowest BCUT2D eigenvalue weighted by Gasteiger charge is -2.29. The van der Waals surface area contributed by atoms with Crippen molar-refractivity contribution in [3.05, 3.63) is 0 Å². The fraction of sp³-hybridized carbons (Fsp3) is 0.900. The first-order chi connectivity index (χ1) is 5.56. The molecule has 1 unspecified atom stereocenters. The predicted molar refractivity (Wildman–Crippen MR) is 49.8 cm³/mol. The Labute approximate surface area is 74.5 Å². The summed E-state index contributed by atoms with van der Waals surface area (Å²) in [5.74, 6) is 0.890. The number of hydrogen-bond acceptors (Lipinski definition) is 2. The van der Waals surface area contributed by atoms with Crippen molar-refractivity contribution in [3.63, 3.8) is 0 Å². The molecule has 0 aliphatic heterocycles. The van der Waals surface area contributed by atoms with Crippen molar-refractivity contribution in [1.29, 1.82) is 0 Å². The zero-order valence-corrected chi connectivity index (χ0v) is 8.10. The molecule has 2 heteroatoms. The van der Waals surface area contributed by atoms with Crippen molar-refractivity contribution >= 4 is 5.78 Å². The summed E-state index contributed by atoms with van der Waals surface area (Å²) in [5, 5.41) is 0. The Hall–Kier alpha value is -0.370. The van der Waals surface area contributed by atoms with Crippen LogP contribution >= 0.6 is 0 Å². The molecule has 1 aliphatic carbocycles. The molecular weight excluding hydrogens is 150 g/mol. The van der Waals surface area contributed by atoms with Crippen molar-refractivity contribution < 1.29 is 4.79 Å². The second-order valence-corrected chi connectivity index (χ2v) is 4.20. The van der Waals surface area contributed by atoms with Crippen molar-refractivity contribution in [1.82, 2.24) is 0 Å². The van der Waals surface area contributed by atoms with Crippen LogP contribution in [-0.2, 0) is 4.79 Å². The molecule has 0 radical (unpaired) electrons. The van der Waals surface area contributed by atoms with Crippen LogP contribution in [0.4, 0.5) is 0 Å². The third-order valence-electron chi connectivity index (χ3n) is 3.07. The van der Waals surface area contributed by atoms with Crippen LogP contribution in [0, 0.1) is 5.92 Å². The molecule has 0 bridgehead atoms. The predicted octanol–water partition coefficient (Wildman–Crippen LogP) is 1.87. The minimum absolute atomic E-state index is 0.245. The molecule has 1 atom stereocenters. The minimum atomic E-state index is -0.574. The second kappa shape index (κ2) is 3.56. The van der Waals surface area contributed by atoms with Crippen LogP contribution < -0.4 is 5.73 Å². The smallest absolute Gasteiger partial charge is 0.152 e. The van der Waals surface area contributed by atoms with Gasteiger partial charge < -0.3 is 5.73 Å². The Morgan fingerprint density at radius 3 is 2.50 bits per heavy atom. The van der Waals surface area contributed by atoms with Gasteiger partial charge in [0.2, 0.25) is 0 Å². The molecule has 1 rings (SSSR count). The summed E-state index contributed by atoms with van der Waals surface area (Å²) >= 11 is 0. The number of carbonyl (C=O) groups is 1. The van der Waals surface area contributed by atoms with E-state index in [2.05, 4.69) is 0 Å². The summed E-state index contributed by atoms with van der Waals surface area (Å²) in [4.78, 5) is 11.6. The molecule has 1 fully saturated rings. The van der Waals surface area contributed by atoms with E-state index in [0.29, 0.717) is 12.3 Å². The quantitative estimate of drug-likeness (QED) is 0.698. The molecule has 2 nitrogen and oxygen atoms in total. The normalized spacial score (nSPS) is 22.9. The summed E-state index contributed by atoms with van der Waals surface area (Å²) in [5.41, 5.74) is 5.26. The number of hydrogen-bond donors (Lipinski definition) is 1. The van der Waals surface area contributed by atoms with Gasteiger partial charge in [-0.25, -0.2) is 0 Å². The maximum Gasteiger partial charge on any atom is 0.152 e. The Morgan fingerprint density at radius 1 is 1.58 bits per heavy atom. The molecule has 0 aromatic rings. The Bertz CT molecular complexity index is 171. The fourth-order valence-corrected chi connectivity index (χ4v) is 1.39. The average Bonchev–Trinajstić information content (AvgIpc) is 1.96. The van der Waals surface area contributed by atoms with E-state index in [1.807, 2.05) is 13.8 Å². The monoisotopic (exact) mass is 169 g/mol. The highest BCUT2D eigenvalue weighted by atomic mass is 16.1. The molecule has 0 amide bonds. The summed E-state index contributed by atoms with van der Waals surface area (Å²) in [6, 6.07) is 0. The van der Waals surface area contributed by atoms with Gasteiger partial charge in [0.25, 0.3) is 0 Å². The number of carbonyl (C=O) groups excluding carboxylic acids is 1. The first-order valence-electron chi connectivity index (χ1n) is 4.88. The van der Waals surface area contributed by atoms with Gasteiger partial charge in [-0.1, -0.05) is 26.2 Å². The second-order valence-electron chi connectivity index (χ2n) is 4.20. The third kappa shape index (κ3) is 2.07. The maximum atomic E-state index is 11.6. The van der Waals surface area contributed by atoms with E-state index in [1.54, 1.807) is 0 Å². The Balaban J connectivity index is 2.35. The van der Waals surface area contributed by atoms with Crippen LogP contribution in [0.3, 0.4) is 0 Å². The van der Waals surface area contributed by atoms with Gasteiger partial charge in [0.1, 0.15) is 0 Å². The van der Waals surface area contributed by atoms with Gasteiger partial charge in [-0.3, -0.25) is 4.79 Å². The van der Waals surface area contributed by atoms with Gasteiger partial charge >= 0.3 is 0 Å². The molecule has 1 aliphatic rings. The number of rotatable bonds is 4. The van der Waals surface area contributed by atoms with E-state index in [9.17, 15) is 4.79 Å². The standard InChI is InChI=1S/C10H19NO/c1-3-10(2,11)9(12)7-8-5-4-6-8/h8H,3-7,11H2,1-2H3. The number of ketones is 1. The summed E-state index contributed by atoms with van der Waals surface area (Å²) in [6.45, 7) is 3.81. The molecule has 0 spiro atoms. The molecule has 2 N–H and O–H groups in total. The molecule has 0 aromatic heterocycles. The summed E-state index contributed by atoms with van der Waals surface area (Å²) < 4.78 is 0. The lowest BCUT2D eigenvalue weighted by molar-refractivity contribution is -0.125. The van der Waals surface area contributed by atoms with Crippen LogP contribution in [-0.4, -0.2) is 11.3 Å². The first-order valence-corrected chi connectivity index (χ1v) is 4.88. The van der Waals surface area contributed by atoms with E-state index in [4.69, 9.17) is 5.73 Å². The van der Waals surface area contributed by atoms with E-state index in [0.717, 1.165) is 6.42 Å². The molecule has 0 aromatic carbocycles. The van der Waals surface area contributed by atoms with E-state index < -0.39 is 5.54 Å². The van der Waals surface area contributed by atoms with Gasteiger partial charge in [0.15, 0.2) is 5.78 Å². The van der Waals surface area contributed by atoms with Gasteiger partial charge in [-0.15, -0.1) is 0 Å². The van der Waals surface area contributed by atoms with Crippen LogP contribution in [0.5, 0.6) is 0 Å². The van der Waals surface area contributed by atoms with Crippen molar-refractivity contribution in [2.45, 2.75) is 51.5 Å². The number of Topliss-reactive ketones (excluding diaryl/α,β-unsaturated/α-hetero) is 1. The van der Waals surface area contributed by atoms with E-state index in [1.165, 1.54) is 19.3 Å². The van der Waals surface area contributed by atoms with Gasteiger partial charge in [0, 0.05) is 6.42 Å². The van der Waals surface area contributed by atoms with E-state index >= 15 is 0 Å². The maximum absolute atomic E-state index is 11.6. The molecule has 0 heterocycles. The fourth-order valence-electron chi connectivity index (χ4n) is 1.39. The highest BCUT2D eigenvalue weighted by molar-refractivity contribution is 5.87. The zero-order valence-electron chi connectivity index (χ0n) is 8.10. The Kier molecular flexibility index (Phi) is 2.89. The summed E-state index contributed by atoms with van der Waals surface area (Å²) in [7, 11) is 0. The van der Waals surface area contributed by atoms with Crippen LogP contribution in [0.1, 0.15) is 46.0 Å². The lowest BCUT2D eigenvalue weighted by Crippen LogP contribution is -2.45. The van der Waals surface area contributed by atoms with Crippen molar-refractivity contribution in [3.8, 4) is 0 Å². The van der Waals surface area contributed by atoms with E-state index in [-0.39, 0.29) is 5.78 Å². The molecule has 1 saturated carbocycles. The van der Waals surface area contributed by atoms with Gasteiger partial charge in [0.05, 0.1) is 5.54 Å². The molecule has 0 saturated heterocycles. The Morgan fingerprint density at radius 2 is 2.17 bits per heavy atom. The highest BCUT2D eigenvalue weighted by Crippen LogP contribution is 2.30. The minimum Gasteiger partial charge on any atom is -0.319 e. The molecule has 12 heavy (non-hydrogen) atoms. The largest absolute Gasteiger partial charge is 0.319 e. The zero-order chi connectivity index (χ0) is 9.19. The average molecular weight is 169 g/mol. The third-order valence-corrected chi connectivity index (χ3v) is 3.07. The topological polar surface area (TPSA) is 43.1 Å². The number of nitrogens with two attached hydrogens (primary N) is 1. The van der Waals surface area contributed by atoms with Gasteiger partial charge in [-0.05, 0) is 19.3 Å². The SMILES string of the molecule is CCC(C)(N)C(=O)CC1CCC1. The van der Waals surface area contributed by atoms with Crippen LogP contribution in [0.15, 0.2) is 0 Å². The lowest BCUT2D eigenvalue weighted by atomic mass is 9.78. The summed E-state index contributed by atoms with van der Waals surface area (Å²) in [6.07, 6.45) is 5.21. The van der Waals surface area contributed by atoms with Gasteiger partial charge in [-0.2, -0.15) is 0 Å². The van der Waals surface area contributed by atoms with Crippen LogP contribution in [0.2, 0.25) is 0 Å². The van der Waals surface area contributed by atoms with Crippen LogP contribution in [0.25, 0.3) is 0 Å². The van der Waals surface area contributed by atoms with Crippen molar-refractivity contribution in [2.24, 2.45) is 11.7 Å². The molecular formula is C10H19NO. The first kappa shape index (κ1) is 9.72. The highest BCUT2D eigenvalue weighted by Gasteiger charge is 2.29.